The third kappa shape index (κ3) is 5.52. The number of carbonyl (C=O) groups excluding carboxylic acids is 1. The van der Waals surface area contributed by atoms with E-state index in [0.717, 1.165) is 31.6 Å². The lowest BCUT2D eigenvalue weighted by Crippen LogP contribution is -2.35. The number of azide groups is 1. The van der Waals surface area contributed by atoms with Crippen LogP contribution >= 0.6 is 0 Å². The van der Waals surface area contributed by atoms with Crippen LogP contribution in [-0.2, 0) is 4.79 Å². The normalized spacial score (nSPS) is 23.5. The molecule has 5 nitrogen and oxygen atoms in total. The van der Waals surface area contributed by atoms with Crippen LogP contribution in [0.5, 0.6) is 0 Å². The van der Waals surface area contributed by atoms with Crippen LogP contribution in [-0.4, -0.2) is 19.0 Å². The molecule has 19 heavy (non-hydrogen) atoms. The fraction of sp³-hybridized carbons (Fsp3) is 0.929. The van der Waals surface area contributed by atoms with Gasteiger partial charge in [0.05, 0.1) is 0 Å². The average molecular weight is 266 g/mol. The highest BCUT2D eigenvalue weighted by Crippen LogP contribution is 2.39. The number of amides is 1. The van der Waals surface area contributed by atoms with Crippen LogP contribution < -0.4 is 5.32 Å². The Hall–Kier alpha value is -1.22. The first kappa shape index (κ1) is 15.8. The lowest BCUT2D eigenvalue weighted by Gasteiger charge is -2.36. The molecule has 0 saturated heterocycles. The first-order valence-corrected chi connectivity index (χ1v) is 7.23. The second-order valence-corrected chi connectivity index (χ2v) is 6.51. The van der Waals surface area contributed by atoms with Crippen LogP contribution in [0.25, 0.3) is 10.4 Å². The fourth-order valence-corrected chi connectivity index (χ4v) is 2.77. The van der Waals surface area contributed by atoms with Gasteiger partial charge in [-0.25, -0.2) is 0 Å². The predicted octanol–water partition coefficient (Wildman–Crippen LogP) is 3.66. The van der Waals surface area contributed by atoms with Crippen LogP contribution in [0.2, 0.25) is 0 Å². The second-order valence-electron chi connectivity index (χ2n) is 6.51. The van der Waals surface area contributed by atoms with E-state index in [4.69, 9.17) is 5.53 Å². The Morgan fingerprint density at radius 2 is 1.95 bits per heavy atom. The molecule has 0 heterocycles. The molecule has 0 bridgehead atoms. The van der Waals surface area contributed by atoms with Crippen LogP contribution in [0.4, 0.5) is 0 Å². The molecule has 1 N–H and O–H groups in total. The van der Waals surface area contributed by atoms with Gasteiger partial charge >= 0.3 is 0 Å². The topological polar surface area (TPSA) is 77.9 Å². The van der Waals surface area contributed by atoms with E-state index in [-0.39, 0.29) is 11.8 Å². The number of hydrogen-bond donors (Lipinski definition) is 1. The maximum atomic E-state index is 12.0. The smallest absolute Gasteiger partial charge is 0.223 e. The van der Waals surface area contributed by atoms with Crippen molar-refractivity contribution in [1.82, 2.24) is 5.32 Å². The van der Waals surface area contributed by atoms with Crippen molar-refractivity contribution < 1.29 is 4.79 Å². The van der Waals surface area contributed by atoms with Crippen molar-refractivity contribution in [2.75, 3.05) is 13.1 Å². The van der Waals surface area contributed by atoms with Crippen molar-refractivity contribution in [2.24, 2.45) is 22.4 Å². The maximum Gasteiger partial charge on any atom is 0.223 e. The van der Waals surface area contributed by atoms with E-state index in [0.29, 0.717) is 24.9 Å². The Morgan fingerprint density at radius 3 is 2.47 bits per heavy atom. The van der Waals surface area contributed by atoms with Crippen molar-refractivity contribution in [3.05, 3.63) is 10.4 Å². The summed E-state index contributed by atoms with van der Waals surface area (Å²) in [6.45, 7) is 7.92. The minimum Gasteiger partial charge on any atom is -0.356 e. The summed E-state index contributed by atoms with van der Waals surface area (Å²) in [5.41, 5.74) is 8.50. The predicted molar refractivity (Wildman–Crippen MR) is 76.5 cm³/mol. The lowest BCUT2D eigenvalue weighted by atomic mass is 9.69. The monoisotopic (exact) mass is 266 g/mol. The Labute approximate surface area is 115 Å². The minimum absolute atomic E-state index is 0.174. The first-order valence-electron chi connectivity index (χ1n) is 7.23. The molecule has 0 aliphatic heterocycles. The van der Waals surface area contributed by atoms with E-state index in [1.54, 1.807) is 0 Å². The van der Waals surface area contributed by atoms with Gasteiger partial charge in [0.25, 0.3) is 0 Å². The highest BCUT2D eigenvalue weighted by molar-refractivity contribution is 5.78. The maximum absolute atomic E-state index is 12.0. The number of hydrogen-bond acceptors (Lipinski definition) is 2. The second kappa shape index (κ2) is 7.39. The van der Waals surface area contributed by atoms with Gasteiger partial charge in [0.1, 0.15) is 0 Å². The van der Waals surface area contributed by atoms with Gasteiger partial charge in [-0.1, -0.05) is 25.9 Å². The molecule has 1 rings (SSSR count). The number of nitrogens with zero attached hydrogens (tertiary/aromatic N) is 3. The molecule has 108 valence electrons. The molecular weight excluding hydrogens is 240 g/mol. The number of nitrogens with one attached hydrogen (secondary N) is 1. The van der Waals surface area contributed by atoms with Crippen LogP contribution in [0.1, 0.15) is 52.9 Å². The standard InChI is InChI=1S/C14H26N4O/c1-14(2,3)12-7-5-11(6-8-12)13(19)16-9-4-10-17-18-15/h11-12H,4-10H2,1-3H3,(H,16,19). The fourth-order valence-electron chi connectivity index (χ4n) is 2.77. The third-order valence-corrected chi connectivity index (χ3v) is 4.12. The van der Waals surface area contributed by atoms with Gasteiger partial charge in [0, 0.05) is 23.9 Å². The highest BCUT2D eigenvalue weighted by atomic mass is 16.1. The SMILES string of the molecule is CC(C)(C)C1CCC(C(=O)NCCCN=[N+]=[N-])CC1. The Kier molecular flexibility index (Phi) is 6.16. The summed E-state index contributed by atoms with van der Waals surface area (Å²) in [5, 5.41) is 6.39. The van der Waals surface area contributed by atoms with Gasteiger partial charge < -0.3 is 5.32 Å². The van der Waals surface area contributed by atoms with Crippen molar-refractivity contribution in [1.29, 1.82) is 0 Å². The molecule has 1 amide bonds. The van der Waals surface area contributed by atoms with Crippen molar-refractivity contribution in [2.45, 2.75) is 52.9 Å². The Bertz CT molecular complexity index is 334. The third-order valence-electron chi connectivity index (χ3n) is 4.12. The molecule has 1 aliphatic rings. The summed E-state index contributed by atoms with van der Waals surface area (Å²) in [7, 11) is 0. The van der Waals surface area contributed by atoms with Crippen LogP contribution in [0, 0.1) is 17.3 Å². The summed E-state index contributed by atoms with van der Waals surface area (Å²) in [4.78, 5) is 14.7. The average Bonchev–Trinajstić information content (AvgIpc) is 2.37. The molecule has 1 aliphatic carbocycles. The van der Waals surface area contributed by atoms with E-state index >= 15 is 0 Å². The van der Waals surface area contributed by atoms with E-state index < -0.39 is 0 Å². The molecule has 0 aromatic rings. The Balaban J connectivity index is 2.23. The summed E-state index contributed by atoms with van der Waals surface area (Å²) in [6.07, 6.45) is 5.03. The molecular formula is C14H26N4O. The van der Waals surface area contributed by atoms with Crippen molar-refractivity contribution >= 4 is 5.91 Å². The molecule has 1 saturated carbocycles. The number of rotatable bonds is 5. The molecule has 5 heteroatoms. The molecule has 0 unspecified atom stereocenters. The van der Waals surface area contributed by atoms with Crippen molar-refractivity contribution in [3.8, 4) is 0 Å². The largest absolute Gasteiger partial charge is 0.356 e. The van der Waals surface area contributed by atoms with E-state index in [1.807, 2.05) is 0 Å². The van der Waals surface area contributed by atoms with Crippen molar-refractivity contribution in [3.63, 3.8) is 0 Å². The summed E-state index contributed by atoms with van der Waals surface area (Å²) >= 11 is 0. The summed E-state index contributed by atoms with van der Waals surface area (Å²) < 4.78 is 0. The zero-order valence-electron chi connectivity index (χ0n) is 12.4. The molecule has 0 aromatic carbocycles. The zero-order chi connectivity index (χ0) is 14.3. The van der Waals surface area contributed by atoms with Gasteiger partial charge in [-0.2, -0.15) is 0 Å². The van der Waals surface area contributed by atoms with Gasteiger partial charge in [0.2, 0.25) is 5.91 Å². The van der Waals surface area contributed by atoms with E-state index in [9.17, 15) is 4.79 Å². The van der Waals surface area contributed by atoms with E-state index in [1.165, 1.54) is 0 Å². The minimum atomic E-state index is 0.174. The lowest BCUT2D eigenvalue weighted by molar-refractivity contribution is -0.126. The summed E-state index contributed by atoms with van der Waals surface area (Å²) in [6, 6.07) is 0. The number of carbonyl (C=O) groups is 1. The summed E-state index contributed by atoms with van der Waals surface area (Å²) in [5.74, 6) is 1.09. The molecule has 0 aromatic heterocycles. The first-order chi connectivity index (χ1) is 8.95. The van der Waals surface area contributed by atoms with Crippen LogP contribution in [0.15, 0.2) is 5.11 Å². The van der Waals surface area contributed by atoms with Crippen LogP contribution in [0.3, 0.4) is 0 Å². The molecule has 0 atom stereocenters. The molecule has 1 fully saturated rings. The zero-order valence-corrected chi connectivity index (χ0v) is 12.4. The van der Waals surface area contributed by atoms with Gasteiger partial charge in [-0.15, -0.1) is 0 Å². The highest BCUT2D eigenvalue weighted by Gasteiger charge is 2.32. The van der Waals surface area contributed by atoms with Gasteiger partial charge in [-0.3, -0.25) is 4.79 Å². The molecule has 0 spiro atoms. The van der Waals surface area contributed by atoms with Gasteiger partial charge in [-0.05, 0) is 49.0 Å². The molecule has 0 radical (unpaired) electrons. The van der Waals surface area contributed by atoms with Gasteiger partial charge in [0.15, 0.2) is 0 Å². The quantitative estimate of drug-likeness (QED) is 0.350. The van der Waals surface area contributed by atoms with E-state index in [2.05, 4.69) is 36.1 Å². The Morgan fingerprint density at radius 1 is 1.32 bits per heavy atom.